The number of allylic oxidation sites excluding steroid dienone is 3. The molecule has 0 aliphatic carbocycles. The number of unbranched alkanes of at least 4 members (excludes halogenated alkanes) is 52. The van der Waals surface area contributed by atoms with E-state index in [1.54, 1.807) is 6.08 Å². The van der Waals surface area contributed by atoms with Crippen molar-refractivity contribution in [1.29, 1.82) is 0 Å². The number of ether oxygens (including phenoxy) is 1. The summed E-state index contributed by atoms with van der Waals surface area (Å²) in [5.41, 5.74) is 0. The van der Waals surface area contributed by atoms with Crippen molar-refractivity contribution in [3.8, 4) is 0 Å². The molecule has 6 nitrogen and oxygen atoms in total. The number of carbonyl (C=O) groups is 2. The molecule has 0 radical (unpaired) electrons. The first kappa shape index (κ1) is 74.3. The predicted molar refractivity (Wildman–Crippen MR) is 333 cm³/mol. The standard InChI is InChI=1S/C70H135NO5/c1-3-5-7-9-11-13-15-17-19-21-22-27-31-34-38-42-46-50-54-58-62-68(73)67(66-72)71-69(74)63-59-55-51-47-43-39-35-32-28-25-23-24-26-29-33-37-41-45-49-53-57-61-65-76-70(75)64-60-56-52-48-44-40-36-30-20-18-16-14-12-10-8-6-4-2/h18,20,58,62,67-68,72-73H,3-17,19,21-57,59-61,63-66H2,1-2H3,(H,71,74)/b20-18-,62-58+. The quantitative estimate of drug-likeness (QED) is 0.0320. The minimum atomic E-state index is -0.845. The number of amides is 1. The Bertz CT molecular complexity index is 1190. The third kappa shape index (κ3) is 61.6. The molecule has 450 valence electrons. The molecule has 0 aliphatic rings. The monoisotopic (exact) mass is 1070 g/mol. The number of nitrogens with one attached hydrogen (secondary N) is 1. The summed E-state index contributed by atoms with van der Waals surface area (Å²) in [5.74, 6) is -0.0542. The van der Waals surface area contributed by atoms with Gasteiger partial charge in [-0.15, -0.1) is 0 Å². The van der Waals surface area contributed by atoms with Gasteiger partial charge in [0.05, 0.1) is 25.4 Å². The average molecular weight is 1070 g/mol. The van der Waals surface area contributed by atoms with E-state index in [1.807, 2.05) is 6.08 Å². The minimum Gasteiger partial charge on any atom is -0.466 e. The summed E-state index contributed by atoms with van der Waals surface area (Å²) in [4.78, 5) is 24.6. The van der Waals surface area contributed by atoms with Crippen molar-refractivity contribution in [3.05, 3.63) is 24.3 Å². The van der Waals surface area contributed by atoms with Crippen LogP contribution in [0.2, 0.25) is 0 Å². The summed E-state index contributed by atoms with van der Waals surface area (Å²) in [5, 5.41) is 23.2. The lowest BCUT2D eigenvalue weighted by atomic mass is 10.0. The zero-order valence-corrected chi connectivity index (χ0v) is 51.5. The Morgan fingerprint density at radius 1 is 0.355 bits per heavy atom. The second-order valence-corrected chi connectivity index (χ2v) is 23.9. The number of aliphatic hydroxyl groups is 2. The van der Waals surface area contributed by atoms with Gasteiger partial charge in [0.2, 0.25) is 5.91 Å². The van der Waals surface area contributed by atoms with E-state index in [1.165, 1.54) is 315 Å². The maximum absolute atomic E-state index is 12.5. The molecule has 0 heterocycles. The summed E-state index contributed by atoms with van der Waals surface area (Å²) >= 11 is 0. The van der Waals surface area contributed by atoms with Gasteiger partial charge in [-0.3, -0.25) is 9.59 Å². The van der Waals surface area contributed by atoms with Crippen LogP contribution in [-0.4, -0.2) is 47.4 Å². The van der Waals surface area contributed by atoms with Crippen LogP contribution in [0.3, 0.4) is 0 Å². The summed E-state index contributed by atoms with van der Waals surface area (Å²) in [7, 11) is 0. The highest BCUT2D eigenvalue weighted by atomic mass is 16.5. The Labute approximate surface area is 475 Å². The van der Waals surface area contributed by atoms with Crippen LogP contribution in [0.15, 0.2) is 24.3 Å². The molecule has 2 unspecified atom stereocenters. The summed E-state index contributed by atoms with van der Waals surface area (Å²) in [6.45, 7) is 4.93. The number of esters is 1. The normalized spacial score (nSPS) is 12.6. The highest BCUT2D eigenvalue weighted by molar-refractivity contribution is 5.76. The van der Waals surface area contributed by atoms with Gasteiger partial charge in [-0.25, -0.2) is 0 Å². The molecule has 0 aromatic rings. The van der Waals surface area contributed by atoms with Crippen molar-refractivity contribution >= 4 is 11.9 Å². The van der Waals surface area contributed by atoms with E-state index in [-0.39, 0.29) is 18.5 Å². The smallest absolute Gasteiger partial charge is 0.305 e. The number of aliphatic hydroxyl groups excluding tert-OH is 2. The van der Waals surface area contributed by atoms with E-state index in [2.05, 4.69) is 31.3 Å². The average Bonchev–Trinajstić information content (AvgIpc) is 3.42. The molecule has 0 aliphatic heterocycles. The van der Waals surface area contributed by atoms with Crippen LogP contribution in [0, 0.1) is 0 Å². The molecule has 1 amide bonds. The lowest BCUT2D eigenvalue weighted by Crippen LogP contribution is -2.45. The molecule has 76 heavy (non-hydrogen) atoms. The first-order chi connectivity index (χ1) is 37.5. The van der Waals surface area contributed by atoms with Crippen LogP contribution >= 0.6 is 0 Å². The molecule has 0 spiro atoms. The molecule has 0 bridgehead atoms. The van der Waals surface area contributed by atoms with Gasteiger partial charge in [0.15, 0.2) is 0 Å². The van der Waals surface area contributed by atoms with Gasteiger partial charge in [-0.1, -0.05) is 340 Å². The minimum absolute atomic E-state index is 0.0102. The lowest BCUT2D eigenvalue weighted by molar-refractivity contribution is -0.143. The third-order valence-electron chi connectivity index (χ3n) is 16.2. The second-order valence-electron chi connectivity index (χ2n) is 23.9. The zero-order chi connectivity index (χ0) is 55.0. The molecule has 0 aromatic carbocycles. The topological polar surface area (TPSA) is 95.9 Å². The van der Waals surface area contributed by atoms with E-state index in [0.29, 0.717) is 19.4 Å². The van der Waals surface area contributed by atoms with Crippen molar-refractivity contribution in [3.63, 3.8) is 0 Å². The van der Waals surface area contributed by atoms with E-state index in [4.69, 9.17) is 4.74 Å². The van der Waals surface area contributed by atoms with Crippen LogP contribution in [-0.2, 0) is 14.3 Å². The summed E-state index contributed by atoms with van der Waals surface area (Å²) in [6.07, 6.45) is 82.4. The molecule has 2 atom stereocenters. The highest BCUT2D eigenvalue weighted by Crippen LogP contribution is 2.19. The SMILES string of the molecule is CCCCCCCC/C=C\CCCCCCCCCC(=O)OCCCCCCCCCCCCCCCCCCCCCCCCC(=O)NC(CO)C(O)/C=C/CCCCCCCCCCCCCCCCCCCC. The van der Waals surface area contributed by atoms with Crippen LogP contribution in [0.1, 0.15) is 386 Å². The molecule has 0 saturated carbocycles. The Balaban J connectivity index is 3.40. The first-order valence-electron chi connectivity index (χ1n) is 34.6. The van der Waals surface area contributed by atoms with Gasteiger partial charge in [0.25, 0.3) is 0 Å². The van der Waals surface area contributed by atoms with Gasteiger partial charge in [-0.2, -0.15) is 0 Å². The number of hydrogen-bond donors (Lipinski definition) is 3. The fraction of sp³-hybridized carbons (Fsp3) is 0.914. The van der Waals surface area contributed by atoms with Crippen molar-refractivity contribution in [2.45, 2.75) is 398 Å². The third-order valence-corrected chi connectivity index (χ3v) is 16.2. The van der Waals surface area contributed by atoms with Crippen LogP contribution in [0.5, 0.6) is 0 Å². The molecular weight excluding hydrogens is 935 g/mol. The van der Waals surface area contributed by atoms with Crippen molar-refractivity contribution in [2.75, 3.05) is 13.2 Å². The largest absolute Gasteiger partial charge is 0.466 e. The maximum atomic E-state index is 12.5. The Morgan fingerprint density at radius 2 is 0.618 bits per heavy atom. The molecule has 3 N–H and O–H groups in total. The van der Waals surface area contributed by atoms with E-state index in [0.717, 1.165) is 44.9 Å². The van der Waals surface area contributed by atoms with Gasteiger partial charge < -0.3 is 20.3 Å². The van der Waals surface area contributed by atoms with Crippen LogP contribution < -0.4 is 5.32 Å². The van der Waals surface area contributed by atoms with Crippen molar-refractivity contribution in [2.24, 2.45) is 0 Å². The second kappa shape index (κ2) is 65.9. The number of rotatable bonds is 65. The fourth-order valence-corrected chi connectivity index (χ4v) is 10.9. The van der Waals surface area contributed by atoms with E-state index < -0.39 is 12.1 Å². The Hall–Kier alpha value is -1.66. The van der Waals surface area contributed by atoms with E-state index in [9.17, 15) is 19.8 Å². The highest BCUT2D eigenvalue weighted by Gasteiger charge is 2.18. The molecule has 0 saturated heterocycles. The summed E-state index contributed by atoms with van der Waals surface area (Å²) < 4.78 is 5.50. The van der Waals surface area contributed by atoms with Gasteiger partial charge in [0.1, 0.15) is 0 Å². The predicted octanol–water partition coefficient (Wildman–Crippen LogP) is 22.1. The zero-order valence-electron chi connectivity index (χ0n) is 51.5. The molecule has 0 rings (SSSR count). The van der Waals surface area contributed by atoms with Gasteiger partial charge >= 0.3 is 5.97 Å². The molecular formula is C70H135NO5. The lowest BCUT2D eigenvalue weighted by Gasteiger charge is -2.20. The summed E-state index contributed by atoms with van der Waals surface area (Å²) in [6, 6.07) is -0.629. The van der Waals surface area contributed by atoms with Crippen LogP contribution in [0.4, 0.5) is 0 Å². The Morgan fingerprint density at radius 3 is 0.934 bits per heavy atom. The maximum Gasteiger partial charge on any atom is 0.305 e. The first-order valence-corrected chi connectivity index (χ1v) is 34.6. The van der Waals surface area contributed by atoms with Gasteiger partial charge in [0, 0.05) is 12.8 Å². The molecule has 0 aromatic heterocycles. The van der Waals surface area contributed by atoms with Crippen molar-refractivity contribution < 1.29 is 24.5 Å². The number of hydrogen-bond acceptors (Lipinski definition) is 5. The number of carbonyl (C=O) groups excluding carboxylic acids is 2. The van der Waals surface area contributed by atoms with Crippen LogP contribution in [0.25, 0.3) is 0 Å². The molecule has 0 fully saturated rings. The Kier molecular flexibility index (Phi) is 64.4. The molecule has 6 heteroatoms. The van der Waals surface area contributed by atoms with Crippen molar-refractivity contribution in [1.82, 2.24) is 5.32 Å². The fourth-order valence-electron chi connectivity index (χ4n) is 10.9. The van der Waals surface area contributed by atoms with E-state index >= 15 is 0 Å². The van der Waals surface area contributed by atoms with Gasteiger partial charge in [-0.05, 0) is 57.8 Å².